The van der Waals surface area contributed by atoms with Crippen LogP contribution in [0.3, 0.4) is 0 Å². The van der Waals surface area contributed by atoms with Gasteiger partial charge in [0.25, 0.3) is 0 Å². The highest BCUT2D eigenvalue weighted by Crippen LogP contribution is 2.55. The van der Waals surface area contributed by atoms with Gasteiger partial charge in [-0.1, -0.05) is 153 Å². The van der Waals surface area contributed by atoms with E-state index >= 15 is 0 Å². The third-order valence-corrected chi connectivity index (χ3v) is 11.8. The molecular weight excluding hydrogens is 667 g/mol. The first-order chi connectivity index (χ1) is 27.0. The van der Waals surface area contributed by atoms with Gasteiger partial charge in [-0.3, -0.25) is 0 Å². The molecule has 2 heteroatoms. The van der Waals surface area contributed by atoms with E-state index in [2.05, 4.69) is 207 Å². The van der Waals surface area contributed by atoms with E-state index in [0.717, 1.165) is 44.4 Å². The van der Waals surface area contributed by atoms with Gasteiger partial charge in [-0.05, 0) is 103 Å². The predicted octanol–water partition coefficient (Wildman–Crippen LogP) is 15.0. The third-order valence-electron chi connectivity index (χ3n) is 11.8. The molecule has 260 valence electrons. The van der Waals surface area contributed by atoms with Gasteiger partial charge in [-0.2, -0.15) is 0 Å². The summed E-state index contributed by atoms with van der Waals surface area (Å²) < 4.78 is 6.34. The molecule has 0 N–H and O–H groups in total. The molecule has 1 aliphatic carbocycles. The monoisotopic (exact) mass is 703 g/mol. The zero-order chi connectivity index (χ0) is 36.7. The summed E-state index contributed by atoms with van der Waals surface area (Å²) in [6.45, 7) is 4.71. The van der Waals surface area contributed by atoms with Gasteiger partial charge in [0.15, 0.2) is 0 Å². The van der Waals surface area contributed by atoms with Gasteiger partial charge in [0.1, 0.15) is 11.2 Å². The second kappa shape index (κ2) is 12.1. The fourth-order valence-electron chi connectivity index (χ4n) is 9.13. The lowest BCUT2D eigenvalue weighted by Crippen LogP contribution is -2.16. The highest BCUT2D eigenvalue weighted by atomic mass is 16.3. The molecule has 0 bridgehead atoms. The Morgan fingerprint density at radius 1 is 0.400 bits per heavy atom. The number of para-hydroxylation sites is 1. The fourth-order valence-corrected chi connectivity index (χ4v) is 9.13. The molecule has 9 aromatic carbocycles. The maximum absolute atomic E-state index is 6.34. The van der Waals surface area contributed by atoms with E-state index in [1.165, 1.54) is 60.6 Å². The number of nitrogens with zero attached hydrogens (tertiary/aromatic N) is 1. The summed E-state index contributed by atoms with van der Waals surface area (Å²) in [6, 6.07) is 68.6. The lowest BCUT2D eigenvalue weighted by atomic mass is 9.82. The van der Waals surface area contributed by atoms with E-state index in [4.69, 9.17) is 4.42 Å². The molecule has 10 aromatic rings. The molecule has 0 spiro atoms. The largest absolute Gasteiger partial charge is 0.456 e. The summed E-state index contributed by atoms with van der Waals surface area (Å²) in [5.41, 5.74) is 15.2. The maximum atomic E-state index is 6.34. The van der Waals surface area contributed by atoms with Crippen molar-refractivity contribution in [2.45, 2.75) is 19.3 Å². The van der Waals surface area contributed by atoms with Crippen LogP contribution in [0.15, 0.2) is 192 Å². The van der Waals surface area contributed by atoms with Crippen molar-refractivity contribution < 1.29 is 4.42 Å². The van der Waals surface area contributed by atoms with Gasteiger partial charge in [0.2, 0.25) is 0 Å². The standard InChI is InChI=1S/C53H37NO/c1-53(2)46-21-9-7-19-43(46)52-47(53)22-12-24-49(52)54(48-23-10-8-18-42(48)41-20-11-16-35-13-5-6-17-40(35)41)39-28-25-34(26-29-39)38-27-30-50-44(32-38)45-31-36-14-3-4-15-37(36)33-51(45)55-50/h3-33H,1-2H3. The molecule has 1 aromatic heterocycles. The lowest BCUT2D eigenvalue weighted by Gasteiger charge is -2.31. The molecule has 0 amide bonds. The highest BCUT2D eigenvalue weighted by Gasteiger charge is 2.38. The Morgan fingerprint density at radius 2 is 1.00 bits per heavy atom. The van der Waals surface area contributed by atoms with Crippen molar-refractivity contribution in [3.63, 3.8) is 0 Å². The summed E-state index contributed by atoms with van der Waals surface area (Å²) in [5, 5.41) is 7.16. The van der Waals surface area contributed by atoms with Crippen molar-refractivity contribution in [3.8, 4) is 33.4 Å². The molecule has 0 saturated heterocycles. The highest BCUT2D eigenvalue weighted by molar-refractivity contribution is 6.11. The van der Waals surface area contributed by atoms with Gasteiger partial charge in [0.05, 0.1) is 11.4 Å². The average Bonchev–Trinajstić information content (AvgIpc) is 3.71. The first kappa shape index (κ1) is 31.6. The molecule has 11 rings (SSSR count). The first-order valence-electron chi connectivity index (χ1n) is 19.1. The molecule has 0 atom stereocenters. The summed E-state index contributed by atoms with van der Waals surface area (Å²) in [5.74, 6) is 0. The molecule has 0 unspecified atom stereocenters. The maximum Gasteiger partial charge on any atom is 0.136 e. The Kier molecular flexibility index (Phi) is 6.93. The topological polar surface area (TPSA) is 16.4 Å². The van der Waals surface area contributed by atoms with Gasteiger partial charge in [-0.25, -0.2) is 0 Å². The van der Waals surface area contributed by atoms with Crippen molar-refractivity contribution in [1.29, 1.82) is 0 Å². The summed E-state index contributed by atoms with van der Waals surface area (Å²) in [7, 11) is 0. The van der Waals surface area contributed by atoms with Gasteiger partial charge in [0, 0.05) is 33.0 Å². The Bertz CT molecular complexity index is 3120. The second-order valence-corrected chi connectivity index (χ2v) is 15.3. The molecule has 0 saturated carbocycles. The Morgan fingerprint density at radius 3 is 1.85 bits per heavy atom. The number of fused-ring (bicyclic) bond motifs is 8. The van der Waals surface area contributed by atoms with Crippen LogP contribution in [0.4, 0.5) is 17.1 Å². The molecule has 55 heavy (non-hydrogen) atoms. The van der Waals surface area contributed by atoms with Gasteiger partial charge in [-0.15, -0.1) is 0 Å². The first-order valence-corrected chi connectivity index (χ1v) is 19.1. The molecule has 0 radical (unpaired) electrons. The number of furan rings is 1. The molecule has 1 aliphatic rings. The van der Waals surface area contributed by atoms with E-state index in [1.54, 1.807) is 0 Å². The Hall–Kier alpha value is -6.90. The van der Waals surface area contributed by atoms with E-state index in [1.807, 2.05) is 0 Å². The van der Waals surface area contributed by atoms with Crippen LogP contribution < -0.4 is 4.90 Å². The van der Waals surface area contributed by atoms with Crippen molar-refractivity contribution in [2.75, 3.05) is 4.90 Å². The summed E-state index contributed by atoms with van der Waals surface area (Å²) in [4.78, 5) is 2.48. The van der Waals surface area contributed by atoms with Crippen molar-refractivity contribution in [2.24, 2.45) is 0 Å². The second-order valence-electron chi connectivity index (χ2n) is 15.3. The Labute approximate surface area is 320 Å². The number of benzene rings is 9. The number of rotatable bonds is 5. The van der Waals surface area contributed by atoms with Gasteiger partial charge >= 0.3 is 0 Å². The quantitative estimate of drug-likeness (QED) is 0.177. The average molecular weight is 704 g/mol. The smallest absolute Gasteiger partial charge is 0.136 e. The molecule has 1 heterocycles. The van der Waals surface area contributed by atoms with Crippen LogP contribution in [-0.2, 0) is 5.41 Å². The van der Waals surface area contributed by atoms with Crippen LogP contribution in [0, 0.1) is 0 Å². The zero-order valence-corrected chi connectivity index (χ0v) is 30.8. The number of hydrogen-bond acceptors (Lipinski definition) is 2. The lowest BCUT2D eigenvalue weighted by molar-refractivity contribution is 0.660. The SMILES string of the molecule is CC1(C)c2ccccc2-c2c(N(c3ccc(-c4ccc5oc6cc7ccccc7cc6c5c4)cc3)c3ccccc3-c3cccc4ccccc34)cccc21. The van der Waals surface area contributed by atoms with E-state index in [0.29, 0.717) is 0 Å². The third kappa shape index (κ3) is 4.88. The Balaban J connectivity index is 1.10. The van der Waals surface area contributed by atoms with Crippen molar-refractivity contribution in [3.05, 3.63) is 199 Å². The van der Waals surface area contributed by atoms with Gasteiger partial charge < -0.3 is 9.32 Å². The number of anilines is 3. The van der Waals surface area contributed by atoms with E-state index in [-0.39, 0.29) is 5.41 Å². The fraction of sp³-hybridized carbons (Fsp3) is 0.0566. The van der Waals surface area contributed by atoms with E-state index < -0.39 is 0 Å². The van der Waals surface area contributed by atoms with Crippen LogP contribution in [0.1, 0.15) is 25.0 Å². The molecular formula is C53H37NO. The zero-order valence-electron chi connectivity index (χ0n) is 30.8. The predicted molar refractivity (Wildman–Crippen MR) is 232 cm³/mol. The van der Waals surface area contributed by atoms with E-state index in [9.17, 15) is 0 Å². The minimum absolute atomic E-state index is 0.116. The van der Waals surface area contributed by atoms with Crippen molar-refractivity contribution >= 4 is 60.5 Å². The molecule has 0 aliphatic heterocycles. The van der Waals surface area contributed by atoms with Crippen LogP contribution in [0.2, 0.25) is 0 Å². The van der Waals surface area contributed by atoms with Crippen LogP contribution in [-0.4, -0.2) is 0 Å². The normalized spacial score (nSPS) is 13.1. The van der Waals surface area contributed by atoms with Crippen LogP contribution in [0.25, 0.3) is 76.9 Å². The molecule has 2 nitrogen and oxygen atoms in total. The minimum atomic E-state index is -0.116. The van der Waals surface area contributed by atoms with Crippen LogP contribution in [0.5, 0.6) is 0 Å². The van der Waals surface area contributed by atoms with Crippen molar-refractivity contribution in [1.82, 2.24) is 0 Å². The van der Waals surface area contributed by atoms with Crippen LogP contribution >= 0.6 is 0 Å². The summed E-state index contributed by atoms with van der Waals surface area (Å²) >= 11 is 0. The molecule has 0 fully saturated rings. The number of hydrogen-bond donors (Lipinski definition) is 0. The summed E-state index contributed by atoms with van der Waals surface area (Å²) in [6.07, 6.45) is 0. The minimum Gasteiger partial charge on any atom is -0.456 e.